The Morgan fingerprint density at radius 1 is 1.25 bits per heavy atom. The van der Waals surface area contributed by atoms with Gasteiger partial charge in [0, 0.05) is 19.6 Å². The first kappa shape index (κ1) is 15.7. The van der Waals surface area contributed by atoms with E-state index in [2.05, 4.69) is 0 Å². The Hall–Kier alpha value is -0.660. The Morgan fingerprint density at radius 2 is 1.95 bits per heavy atom. The second-order valence-corrected chi connectivity index (χ2v) is 7.42. The average Bonchev–Trinajstić information content (AvgIpc) is 2.95. The molecule has 0 aromatic heterocycles. The highest BCUT2D eigenvalue weighted by atomic mass is 32.2. The van der Waals surface area contributed by atoms with Crippen molar-refractivity contribution in [1.29, 1.82) is 0 Å². The van der Waals surface area contributed by atoms with E-state index in [4.69, 9.17) is 4.74 Å². The topological polar surface area (TPSA) is 66.9 Å². The molecular formula is C13H24N2O4S. The fourth-order valence-electron chi connectivity index (χ4n) is 2.76. The van der Waals surface area contributed by atoms with E-state index in [1.54, 1.807) is 4.90 Å². The summed E-state index contributed by atoms with van der Waals surface area (Å²) in [4.78, 5) is 14.2. The lowest BCUT2D eigenvalue weighted by Gasteiger charge is -2.32. The van der Waals surface area contributed by atoms with E-state index in [9.17, 15) is 13.2 Å². The largest absolute Gasteiger partial charge is 0.378 e. The summed E-state index contributed by atoms with van der Waals surface area (Å²) in [6.45, 7) is 4.67. The van der Waals surface area contributed by atoms with Crippen molar-refractivity contribution in [3.63, 3.8) is 0 Å². The highest BCUT2D eigenvalue weighted by Gasteiger charge is 2.40. The van der Waals surface area contributed by atoms with E-state index in [0.717, 1.165) is 12.8 Å². The quantitative estimate of drug-likeness (QED) is 0.739. The van der Waals surface area contributed by atoms with Crippen LogP contribution in [0.3, 0.4) is 0 Å². The van der Waals surface area contributed by atoms with Crippen molar-refractivity contribution < 1.29 is 17.9 Å². The molecule has 2 aliphatic heterocycles. The van der Waals surface area contributed by atoms with Crippen LogP contribution >= 0.6 is 0 Å². The first-order valence-electron chi connectivity index (χ1n) is 7.42. The normalized spacial score (nSPS) is 25.1. The van der Waals surface area contributed by atoms with Gasteiger partial charge in [0.15, 0.2) is 0 Å². The average molecular weight is 304 g/mol. The molecule has 6 nitrogen and oxygen atoms in total. The van der Waals surface area contributed by atoms with Crippen LogP contribution in [-0.4, -0.2) is 68.2 Å². The summed E-state index contributed by atoms with van der Waals surface area (Å²) in [6, 6.07) is -0.491. The van der Waals surface area contributed by atoms with Crippen molar-refractivity contribution in [2.45, 2.75) is 38.6 Å². The lowest BCUT2D eigenvalue weighted by atomic mass is 10.2. The first-order valence-corrected chi connectivity index (χ1v) is 9.03. The second kappa shape index (κ2) is 6.87. The van der Waals surface area contributed by atoms with Gasteiger partial charge in [-0.15, -0.1) is 0 Å². The van der Waals surface area contributed by atoms with Gasteiger partial charge in [-0.2, -0.15) is 4.31 Å². The lowest BCUT2D eigenvalue weighted by Crippen LogP contribution is -2.51. The molecule has 2 fully saturated rings. The molecule has 0 unspecified atom stereocenters. The maximum absolute atomic E-state index is 12.5. The van der Waals surface area contributed by atoms with Crippen LogP contribution < -0.4 is 0 Å². The minimum Gasteiger partial charge on any atom is -0.378 e. The molecule has 20 heavy (non-hydrogen) atoms. The molecule has 7 heteroatoms. The third-order valence-electron chi connectivity index (χ3n) is 3.92. The molecule has 2 heterocycles. The van der Waals surface area contributed by atoms with E-state index in [1.165, 1.54) is 4.31 Å². The van der Waals surface area contributed by atoms with E-state index in [1.807, 2.05) is 6.92 Å². The van der Waals surface area contributed by atoms with Gasteiger partial charge >= 0.3 is 0 Å². The second-order valence-electron chi connectivity index (χ2n) is 5.38. The highest BCUT2D eigenvalue weighted by molar-refractivity contribution is 7.89. The van der Waals surface area contributed by atoms with Gasteiger partial charge in [0.05, 0.1) is 19.0 Å². The summed E-state index contributed by atoms with van der Waals surface area (Å²) in [7, 11) is -3.30. The Morgan fingerprint density at radius 3 is 2.60 bits per heavy atom. The maximum atomic E-state index is 12.5. The molecule has 2 saturated heterocycles. The zero-order valence-corrected chi connectivity index (χ0v) is 12.9. The van der Waals surface area contributed by atoms with Crippen molar-refractivity contribution in [3.05, 3.63) is 0 Å². The first-order chi connectivity index (χ1) is 9.56. The van der Waals surface area contributed by atoms with Crippen LogP contribution in [0.5, 0.6) is 0 Å². The zero-order valence-electron chi connectivity index (χ0n) is 12.1. The number of amides is 1. The minimum atomic E-state index is -3.30. The Labute approximate surface area is 121 Å². The van der Waals surface area contributed by atoms with Gasteiger partial charge in [0.25, 0.3) is 0 Å². The Bertz CT molecular complexity index is 432. The van der Waals surface area contributed by atoms with E-state index < -0.39 is 16.1 Å². The summed E-state index contributed by atoms with van der Waals surface area (Å²) in [5.74, 6) is 0.0991. The predicted molar refractivity (Wildman–Crippen MR) is 75.8 cm³/mol. The maximum Gasteiger partial charge on any atom is 0.241 e. The zero-order chi connectivity index (χ0) is 14.6. The van der Waals surface area contributed by atoms with Gasteiger partial charge in [-0.05, 0) is 19.3 Å². The number of carbonyl (C=O) groups excluding carboxylic acids is 1. The van der Waals surface area contributed by atoms with Crippen LogP contribution in [-0.2, 0) is 19.6 Å². The standard InChI is InChI=1S/C13H24N2O4S/c1-2-3-11-20(17,18)15-6-4-5-12(15)13(16)14-7-9-19-10-8-14/h12H,2-11H2,1H3/t12-/m1/s1. The van der Waals surface area contributed by atoms with Crippen LogP contribution in [0.25, 0.3) is 0 Å². The molecule has 2 aliphatic rings. The minimum absolute atomic E-state index is 0.0501. The van der Waals surface area contributed by atoms with Gasteiger partial charge < -0.3 is 9.64 Å². The number of unbranched alkanes of at least 4 members (excludes halogenated alkanes) is 1. The lowest BCUT2D eigenvalue weighted by molar-refractivity contribution is -0.138. The van der Waals surface area contributed by atoms with Gasteiger partial charge in [0.2, 0.25) is 15.9 Å². The molecule has 0 N–H and O–H groups in total. The van der Waals surface area contributed by atoms with Crippen molar-refractivity contribution >= 4 is 15.9 Å². The third kappa shape index (κ3) is 3.51. The molecule has 2 rings (SSSR count). The number of ether oxygens (including phenoxy) is 1. The fourth-order valence-corrected chi connectivity index (χ4v) is 4.64. The molecule has 0 saturated carbocycles. The number of rotatable bonds is 5. The summed E-state index contributed by atoms with van der Waals surface area (Å²) in [6.07, 6.45) is 2.90. The number of sulfonamides is 1. The third-order valence-corrected chi connectivity index (χ3v) is 5.88. The van der Waals surface area contributed by atoms with Gasteiger partial charge in [-0.3, -0.25) is 4.79 Å². The van der Waals surface area contributed by atoms with Crippen LogP contribution in [0.1, 0.15) is 32.6 Å². The number of morpholine rings is 1. The van der Waals surface area contributed by atoms with Crippen molar-refractivity contribution in [2.24, 2.45) is 0 Å². The summed E-state index contributed by atoms with van der Waals surface area (Å²) < 4.78 is 31.3. The summed E-state index contributed by atoms with van der Waals surface area (Å²) in [5, 5.41) is 0. The molecule has 0 aromatic carbocycles. The van der Waals surface area contributed by atoms with E-state index >= 15 is 0 Å². The highest BCUT2D eigenvalue weighted by Crippen LogP contribution is 2.24. The molecule has 1 amide bonds. The number of nitrogens with zero attached hydrogens (tertiary/aromatic N) is 2. The van der Waals surface area contributed by atoms with Gasteiger partial charge in [-0.1, -0.05) is 13.3 Å². The van der Waals surface area contributed by atoms with Gasteiger partial charge in [-0.25, -0.2) is 8.42 Å². The molecule has 0 bridgehead atoms. The van der Waals surface area contributed by atoms with Gasteiger partial charge in [0.1, 0.15) is 6.04 Å². The van der Waals surface area contributed by atoms with Crippen LogP contribution in [0.15, 0.2) is 0 Å². The van der Waals surface area contributed by atoms with Crippen LogP contribution in [0.4, 0.5) is 0 Å². The van der Waals surface area contributed by atoms with Crippen molar-refractivity contribution in [2.75, 3.05) is 38.6 Å². The molecule has 1 atom stereocenters. The molecule has 0 aromatic rings. The van der Waals surface area contributed by atoms with E-state index in [-0.39, 0.29) is 11.7 Å². The van der Waals surface area contributed by atoms with Crippen molar-refractivity contribution in [1.82, 2.24) is 9.21 Å². The summed E-state index contributed by atoms with van der Waals surface area (Å²) in [5.41, 5.74) is 0. The SMILES string of the molecule is CCCCS(=O)(=O)N1CCC[C@@H]1C(=O)N1CCOCC1. The van der Waals surface area contributed by atoms with Crippen LogP contribution in [0.2, 0.25) is 0 Å². The number of hydrogen-bond acceptors (Lipinski definition) is 4. The molecule has 116 valence electrons. The Balaban J connectivity index is 2.04. The summed E-state index contributed by atoms with van der Waals surface area (Å²) >= 11 is 0. The smallest absolute Gasteiger partial charge is 0.241 e. The van der Waals surface area contributed by atoms with Crippen LogP contribution in [0, 0.1) is 0 Å². The van der Waals surface area contributed by atoms with Crippen molar-refractivity contribution in [3.8, 4) is 0 Å². The molecule has 0 radical (unpaired) electrons. The van der Waals surface area contributed by atoms with E-state index in [0.29, 0.717) is 45.7 Å². The Kier molecular flexibility index (Phi) is 5.40. The predicted octanol–water partition coefficient (Wildman–Crippen LogP) is 0.440. The number of carbonyl (C=O) groups is 1. The molecule has 0 aliphatic carbocycles. The monoisotopic (exact) mass is 304 g/mol. The number of hydrogen-bond donors (Lipinski definition) is 0. The fraction of sp³-hybridized carbons (Fsp3) is 0.923. The molecular weight excluding hydrogens is 280 g/mol. The molecule has 0 spiro atoms.